The number of nitrogens with zero attached hydrogens (tertiary/aromatic N) is 3. The number of hydrogen-bond acceptors (Lipinski definition) is 6. The van der Waals surface area contributed by atoms with Crippen molar-refractivity contribution in [2.24, 2.45) is 0 Å². The summed E-state index contributed by atoms with van der Waals surface area (Å²) in [6, 6.07) is 7.59. The zero-order chi connectivity index (χ0) is 16.2. The third-order valence-electron chi connectivity index (χ3n) is 3.81. The van der Waals surface area contributed by atoms with Crippen molar-refractivity contribution < 1.29 is 4.92 Å². The van der Waals surface area contributed by atoms with Gasteiger partial charge in [0.15, 0.2) is 0 Å². The predicted molar refractivity (Wildman–Crippen MR) is 92.0 cm³/mol. The predicted octanol–water partition coefficient (Wildman–Crippen LogP) is 4.25. The first-order chi connectivity index (χ1) is 11.1. The quantitative estimate of drug-likeness (QED) is 0.597. The van der Waals surface area contributed by atoms with Gasteiger partial charge < -0.3 is 10.6 Å². The van der Waals surface area contributed by atoms with Crippen LogP contribution in [0.1, 0.15) is 25.7 Å². The average Bonchev–Trinajstić information content (AvgIpc) is 3.02. The van der Waals surface area contributed by atoms with E-state index < -0.39 is 4.92 Å². The Hall–Kier alpha value is -2.22. The molecule has 0 radical (unpaired) electrons. The van der Waals surface area contributed by atoms with Gasteiger partial charge in [0, 0.05) is 16.2 Å². The monoisotopic (exact) mass is 377 g/mol. The van der Waals surface area contributed by atoms with Gasteiger partial charge in [-0.25, -0.2) is 9.97 Å². The molecule has 1 heterocycles. The molecule has 1 aliphatic carbocycles. The fourth-order valence-electron chi connectivity index (χ4n) is 2.68. The largest absolute Gasteiger partial charge is 0.361 e. The maximum absolute atomic E-state index is 11.5. The molecule has 3 rings (SSSR count). The molecule has 0 aliphatic heterocycles. The van der Waals surface area contributed by atoms with Crippen LogP contribution >= 0.6 is 15.9 Å². The molecule has 1 aromatic heterocycles. The van der Waals surface area contributed by atoms with Crippen LogP contribution in [0.15, 0.2) is 35.1 Å². The molecule has 0 saturated heterocycles. The average molecular weight is 378 g/mol. The highest BCUT2D eigenvalue weighted by Crippen LogP contribution is 2.33. The summed E-state index contributed by atoms with van der Waals surface area (Å²) in [5, 5.41) is 17.7. The van der Waals surface area contributed by atoms with Crippen molar-refractivity contribution in [3.63, 3.8) is 0 Å². The normalized spacial score (nSPS) is 14.7. The number of nitro groups is 1. The molecule has 0 atom stereocenters. The van der Waals surface area contributed by atoms with E-state index in [-0.39, 0.29) is 23.4 Å². The standard InChI is InChI=1S/C15H16BrN5O2/c16-10-5-7-12(8-6-10)20-15-13(21(22)23)14(17-9-18-15)19-11-3-1-2-4-11/h5-9,11H,1-4H2,(H2,17,18,19,20). The fourth-order valence-corrected chi connectivity index (χ4v) is 2.95. The van der Waals surface area contributed by atoms with E-state index in [0.717, 1.165) is 35.8 Å². The first-order valence-electron chi connectivity index (χ1n) is 7.42. The first-order valence-corrected chi connectivity index (χ1v) is 8.21. The topological polar surface area (TPSA) is 93.0 Å². The second kappa shape index (κ2) is 6.91. The lowest BCUT2D eigenvalue weighted by Gasteiger charge is -2.14. The Morgan fingerprint density at radius 3 is 2.43 bits per heavy atom. The Kier molecular flexibility index (Phi) is 4.71. The second-order valence-electron chi connectivity index (χ2n) is 5.43. The molecular formula is C15H16BrN5O2. The van der Waals surface area contributed by atoms with E-state index in [0.29, 0.717) is 0 Å². The third kappa shape index (κ3) is 3.76. The van der Waals surface area contributed by atoms with Gasteiger partial charge in [-0.3, -0.25) is 10.1 Å². The zero-order valence-electron chi connectivity index (χ0n) is 12.3. The molecule has 0 amide bonds. The molecule has 8 heteroatoms. The van der Waals surface area contributed by atoms with E-state index in [4.69, 9.17) is 0 Å². The van der Waals surface area contributed by atoms with E-state index in [1.54, 1.807) is 0 Å². The molecule has 2 aromatic rings. The Morgan fingerprint density at radius 1 is 1.13 bits per heavy atom. The summed E-state index contributed by atoms with van der Waals surface area (Å²) in [5.41, 5.74) is 0.601. The van der Waals surface area contributed by atoms with Gasteiger partial charge in [0.25, 0.3) is 0 Å². The summed E-state index contributed by atoms with van der Waals surface area (Å²) in [6.07, 6.45) is 5.64. The number of benzene rings is 1. The summed E-state index contributed by atoms with van der Waals surface area (Å²) >= 11 is 3.36. The minimum atomic E-state index is -0.446. The Labute approximate surface area is 141 Å². The molecular weight excluding hydrogens is 362 g/mol. The van der Waals surface area contributed by atoms with E-state index in [2.05, 4.69) is 36.5 Å². The SMILES string of the molecule is O=[N+]([O-])c1c(Nc2ccc(Br)cc2)ncnc1NC1CCCC1. The summed E-state index contributed by atoms with van der Waals surface area (Å²) in [7, 11) is 0. The molecule has 2 N–H and O–H groups in total. The van der Waals surface area contributed by atoms with Gasteiger partial charge >= 0.3 is 5.69 Å². The van der Waals surface area contributed by atoms with Crippen LogP contribution in [-0.2, 0) is 0 Å². The van der Waals surface area contributed by atoms with Gasteiger partial charge in [-0.1, -0.05) is 28.8 Å². The second-order valence-corrected chi connectivity index (χ2v) is 6.35. The van der Waals surface area contributed by atoms with Gasteiger partial charge in [-0.05, 0) is 37.1 Å². The first kappa shape index (κ1) is 15.7. The van der Waals surface area contributed by atoms with Crippen molar-refractivity contribution in [3.05, 3.63) is 45.2 Å². The van der Waals surface area contributed by atoms with E-state index in [1.807, 2.05) is 24.3 Å². The van der Waals surface area contributed by atoms with Crippen molar-refractivity contribution in [1.29, 1.82) is 0 Å². The van der Waals surface area contributed by atoms with Crippen molar-refractivity contribution in [2.75, 3.05) is 10.6 Å². The highest BCUT2D eigenvalue weighted by Gasteiger charge is 2.26. The maximum Gasteiger partial charge on any atom is 0.353 e. The number of rotatable bonds is 5. The minimum Gasteiger partial charge on any atom is -0.361 e. The number of hydrogen-bond donors (Lipinski definition) is 2. The number of aromatic nitrogens is 2. The van der Waals surface area contributed by atoms with Crippen molar-refractivity contribution in [1.82, 2.24) is 9.97 Å². The summed E-state index contributed by atoms with van der Waals surface area (Å²) < 4.78 is 0.934. The lowest BCUT2D eigenvalue weighted by Crippen LogP contribution is -2.17. The summed E-state index contributed by atoms with van der Waals surface area (Å²) in [4.78, 5) is 19.2. The third-order valence-corrected chi connectivity index (χ3v) is 4.34. The summed E-state index contributed by atoms with van der Waals surface area (Å²) in [6.45, 7) is 0. The number of nitrogens with one attached hydrogen (secondary N) is 2. The summed E-state index contributed by atoms with van der Waals surface area (Å²) in [5.74, 6) is 0.462. The van der Waals surface area contributed by atoms with Gasteiger partial charge in [0.2, 0.25) is 11.6 Å². The van der Waals surface area contributed by atoms with E-state index >= 15 is 0 Å². The highest BCUT2D eigenvalue weighted by molar-refractivity contribution is 9.10. The number of halogens is 1. The molecule has 0 bridgehead atoms. The van der Waals surface area contributed by atoms with Crippen molar-refractivity contribution in [3.8, 4) is 0 Å². The van der Waals surface area contributed by atoms with Crippen LogP contribution in [0.25, 0.3) is 0 Å². The van der Waals surface area contributed by atoms with Crippen LogP contribution in [-0.4, -0.2) is 20.9 Å². The molecule has 1 fully saturated rings. The van der Waals surface area contributed by atoms with Crippen LogP contribution in [0.3, 0.4) is 0 Å². The molecule has 1 aliphatic rings. The van der Waals surface area contributed by atoms with Gasteiger partial charge in [-0.15, -0.1) is 0 Å². The van der Waals surface area contributed by atoms with Crippen LogP contribution in [0.2, 0.25) is 0 Å². The minimum absolute atomic E-state index is 0.123. The number of anilines is 3. The Morgan fingerprint density at radius 2 is 1.78 bits per heavy atom. The van der Waals surface area contributed by atoms with Gasteiger partial charge in [0.05, 0.1) is 4.92 Å². The smallest absolute Gasteiger partial charge is 0.353 e. The van der Waals surface area contributed by atoms with Gasteiger partial charge in [0.1, 0.15) is 6.33 Å². The Balaban J connectivity index is 1.89. The molecule has 0 spiro atoms. The lowest BCUT2D eigenvalue weighted by molar-refractivity contribution is -0.383. The zero-order valence-corrected chi connectivity index (χ0v) is 13.9. The maximum atomic E-state index is 11.5. The molecule has 120 valence electrons. The van der Waals surface area contributed by atoms with E-state index in [9.17, 15) is 10.1 Å². The van der Waals surface area contributed by atoms with Gasteiger partial charge in [-0.2, -0.15) is 0 Å². The Bertz CT molecular complexity index is 702. The molecule has 0 unspecified atom stereocenters. The van der Waals surface area contributed by atoms with Crippen molar-refractivity contribution in [2.45, 2.75) is 31.7 Å². The van der Waals surface area contributed by atoms with Crippen LogP contribution in [0.4, 0.5) is 23.0 Å². The molecule has 1 aromatic carbocycles. The van der Waals surface area contributed by atoms with E-state index in [1.165, 1.54) is 6.33 Å². The highest BCUT2D eigenvalue weighted by atomic mass is 79.9. The molecule has 7 nitrogen and oxygen atoms in total. The van der Waals surface area contributed by atoms with Crippen LogP contribution in [0.5, 0.6) is 0 Å². The fraction of sp³-hybridized carbons (Fsp3) is 0.333. The van der Waals surface area contributed by atoms with Crippen LogP contribution < -0.4 is 10.6 Å². The molecule has 23 heavy (non-hydrogen) atoms. The van der Waals surface area contributed by atoms with Crippen LogP contribution in [0, 0.1) is 10.1 Å². The lowest BCUT2D eigenvalue weighted by atomic mass is 10.2. The van der Waals surface area contributed by atoms with Crippen molar-refractivity contribution >= 4 is 38.9 Å². The molecule has 1 saturated carbocycles.